The van der Waals surface area contributed by atoms with Crippen molar-refractivity contribution in [3.8, 4) is 34.1 Å². The molecule has 0 aliphatic carbocycles. The Balaban J connectivity index is 1.39. The van der Waals surface area contributed by atoms with Crippen LogP contribution in [0.4, 0.5) is 23.3 Å². The van der Waals surface area contributed by atoms with Crippen molar-refractivity contribution in [2.45, 2.75) is 18.9 Å². The number of aliphatic hydroxyl groups is 1. The number of rotatable bonds is 11. The van der Waals surface area contributed by atoms with Crippen LogP contribution in [0.5, 0.6) is 17.2 Å². The van der Waals surface area contributed by atoms with Gasteiger partial charge in [0.1, 0.15) is 12.1 Å². The van der Waals surface area contributed by atoms with Gasteiger partial charge in [-0.05, 0) is 48.2 Å². The molecular weight excluding hydrogens is 610 g/mol. The quantitative estimate of drug-likeness (QED) is 0.185. The topological polar surface area (TPSA) is 153 Å². The van der Waals surface area contributed by atoms with Gasteiger partial charge in [-0.2, -0.15) is 4.98 Å². The molecule has 1 aliphatic heterocycles. The first-order chi connectivity index (χ1) is 22.2. The van der Waals surface area contributed by atoms with Gasteiger partial charge in [-0.1, -0.05) is 18.2 Å². The molecule has 0 unspecified atom stereocenters. The molecule has 14 heteroatoms. The molecule has 240 valence electrons. The molecule has 1 aliphatic rings. The van der Waals surface area contributed by atoms with Crippen LogP contribution in [0.25, 0.3) is 27.7 Å². The van der Waals surface area contributed by atoms with Crippen LogP contribution in [0.1, 0.15) is 12.8 Å². The van der Waals surface area contributed by atoms with E-state index in [4.69, 9.17) is 24.2 Å². The van der Waals surface area contributed by atoms with Crippen molar-refractivity contribution in [1.82, 2.24) is 19.5 Å². The molecule has 3 heterocycles. The summed E-state index contributed by atoms with van der Waals surface area (Å²) < 4.78 is 44.4. The number of hydrogen-bond donors (Lipinski definition) is 3. The highest BCUT2D eigenvalue weighted by molar-refractivity contribution is 7.92. The predicted octanol–water partition coefficient (Wildman–Crippen LogP) is 4.58. The highest BCUT2D eigenvalue weighted by Crippen LogP contribution is 2.40. The normalized spacial score (nSPS) is 14.8. The summed E-state index contributed by atoms with van der Waals surface area (Å²) in [5, 5.41) is 14.2. The van der Waals surface area contributed by atoms with Crippen molar-refractivity contribution in [1.29, 1.82) is 0 Å². The van der Waals surface area contributed by atoms with Gasteiger partial charge in [0.25, 0.3) is 0 Å². The zero-order valence-electron chi connectivity index (χ0n) is 25.9. The van der Waals surface area contributed by atoms with E-state index in [0.29, 0.717) is 46.0 Å². The molecule has 3 aromatic carbocycles. The summed E-state index contributed by atoms with van der Waals surface area (Å²) in [6.07, 6.45) is 6.38. The van der Waals surface area contributed by atoms with E-state index in [-0.39, 0.29) is 12.6 Å². The van der Waals surface area contributed by atoms with Crippen LogP contribution in [0, 0.1) is 0 Å². The summed E-state index contributed by atoms with van der Waals surface area (Å²) in [6, 6.07) is 16.7. The Kier molecular flexibility index (Phi) is 8.56. The number of nitrogens with one attached hydrogen (secondary N) is 2. The lowest BCUT2D eigenvalue weighted by Crippen LogP contribution is -2.33. The number of ether oxygens (including phenoxy) is 3. The maximum absolute atomic E-state index is 11.8. The summed E-state index contributed by atoms with van der Waals surface area (Å²) in [4.78, 5) is 16.4. The van der Waals surface area contributed by atoms with Gasteiger partial charge < -0.3 is 34.1 Å². The number of hydrogen-bond acceptors (Lipinski definition) is 11. The van der Waals surface area contributed by atoms with E-state index in [2.05, 4.69) is 19.9 Å². The number of nitrogens with zero attached hydrogens (tertiary/aromatic N) is 5. The van der Waals surface area contributed by atoms with Gasteiger partial charge in [-0.3, -0.25) is 4.72 Å². The number of aliphatic hydroxyl groups excluding tert-OH is 1. The molecule has 0 saturated carbocycles. The minimum absolute atomic E-state index is 0.0195. The Morgan fingerprint density at radius 2 is 1.74 bits per heavy atom. The van der Waals surface area contributed by atoms with E-state index < -0.39 is 10.0 Å². The zero-order chi connectivity index (χ0) is 32.4. The van der Waals surface area contributed by atoms with Gasteiger partial charge in [0.15, 0.2) is 17.3 Å². The fourth-order valence-electron chi connectivity index (χ4n) is 5.71. The Morgan fingerprint density at radius 1 is 0.978 bits per heavy atom. The molecule has 1 saturated heterocycles. The second-order valence-electron chi connectivity index (χ2n) is 10.9. The maximum Gasteiger partial charge on any atom is 0.230 e. The Labute approximate surface area is 266 Å². The van der Waals surface area contributed by atoms with Crippen LogP contribution in [-0.4, -0.2) is 79.8 Å². The molecule has 5 aromatic rings. The zero-order valence-corrected chi connectivity index (χ0v) is 26.7. The third kappa shape index (κ3) is 6.34. The van der Waals surface area contributed by atoms with Crippen molar-refractivity contribution in [2.24, 2.45) is 0 Å². The lowest BCUT2D eigenvalue weighted by Gasteiger charge is -2.26. The smallest absolute Gasteiger partial charge is 0.230 e. The number of aromatic nitrogens is 4. The van der Waals surface area contributed by atoms with Crippen LogP contribution in [-0.2, 0) is 10.0 Å². The van der Waals surface area contributed by atoms with E-state index in [1.165, 1.54) is 0 Å². The van der Waals surface area contributed by atoms with E-state index in [9.17, 15) is 13.5 Å². The molecule has 3 N–H and O–H groups in total. The Hall–Kier alpha value is -5.08. The number of sulfonamides is 1. The SMILES string of the molecule is COc1cc(-n2cnc(Nc3nc(N4CCC[C@H]4CO)c4ccc(-c5cccc(NS(C)(=O)=O)c5)cc4n3)c2)cc(OC)c1OC. The summed E-state index contributed by atoms with van der Waals surface area (Å²) in [7, 11) is 1.25. The summed E-state index contributed by atoms with van der Waals surface area (Å²) in [5.41, 5.74) is 3.57. The van der Waals surface area contributed by atoms with Crippen LogP contribution < -0.4 is 29.1 Å². The molecule has 1 atom stereocenters. The van der Waals surface area contributed by atoms with E-state index in [0.717, 1.165) is 47.8 Å². The minimum atomic E-state index is -3.43. The Morgan fingerprint density at radius 3 is 2.43 bits per heavy atom. The fraction of sp³-hybridized carbons (Fsp3) is 0.281. The van der Waals surface area contributed by atoms with Gasteiger partial charge in [0.05, 0.1) is 57.6 Å². The molecule has 1 fully saturated rings. The fourth-order valence-corrected chi connectivity index (χ4v) is 6.26. The first-order valence-electron chi connectivity index (χ1n) is 14.6. The third-order valence-corrected chi connectivity index (χ3v) is 8.41. The van der Waals surface area contributed by atoms with E-state index in [1.807, 2.05) is 41.0 Å². The number of fused-ring (bicyclic) bond motifs is 1. The lowest BCUT2D eigenvalue weighted by atomic mass is 10.0. The lowest BCUT2D eigenvalue weighted by molar-refractivity contribution is 0.266. The van der Waals surface area contributed by atoms with Crippen LogP contribution >= 0.6 is 0 Å². The molecule has 13 nitrogen and oxygen atoms in total. The minimum Gasteiger partial charge on any atom is -0.493 e. The van der Waals surface area contributed by atoms with Crippen molar-refractivity contribution >= 4 is 44.2 Å². The van der Waals surface area contributed by atoms with Crippen molar-refractivity contribution in [3.63, 3.8) is 0 Å². The molecule has 2 aromatic heterocycles. The first kappa shape index (κ1) is 30.9. The highest BCUT2D eigenvalue weighted by Gasteiger charge is 2.27. The molecule has 0 radical (unpaired) electrons. The molecule has 6 rings (SSSR count). The molecule has 0 amide bonds. The number of benzene rings is 3. The summed E-state index contributed by atoms with van der Waals surface area (Å²) >= 11 is 0. The standard InChI is InChI=1S/C32H35N7O6S/c1-43-27-15-24(16-28(44-2)30(27)45-3)38-17-29(33-19-38)35-32-34-26-14-21(20-7-5-8-22(13-20)37-46(4,41)42)10-11-25(26)31(36-32)39-12-6-9-23(39)18-40/h5,7-8,10-11,13-17,19,23,37,40H,6,9,12,18H2,1-4H3,(H,34,35,36)/t23-/m0/s1. The average molecular weight is 646 g/mol. The third-order valence-electron chi connectivity index (χ3n) is 7.81. The first-order valence-corrected chi connectivity index (χ1v) is 16.5. The number of imidazole rings is 1. The van der Waals surface area contributed by atoms with Gasteiger partial charge in [-0.15, -0.1) is 0 Å². The van der Waals surface area contributed by atoms with Crippen LogP contribution in [0.15, 0.2) is 67.1 Å². The van der Waals surface area contributed by atoms with Crippen molar-refractivity contribution < 1.29 is 27.7 Å². The number of anilines is 4. The predicted molar refractivity (Wildman–Crippen MR) is 177 cm³/mol. The monoisotopic (exact) mass is 645 g/mol. The largest absolute Gasteiger partial charge is 0.493 e. The second-order valence-corrected chi connectivity index (χ2v) is 12.7. The van der Waals surface area contributed by atoms with Crippen LogP contribution in [0.2, 0.25) is 0 Å². The molecule has 0 spiro atoms. The van der Waals surface area contributed by atoms with Gasteiger partial charge in [0.2, 0.25) is 21.7 Å². The molecule has 46 heavy (non-hydrogen) atoms. The van der Waals surface area contributed by atoms with Crippen LogP contribution in [0.3, 0.4) is 0 Å². The van der Waals surface area contributed by atoms with Crippen molar-refractivity contribution in [3.05, 3.63) is 67.1 Å². The highest BCUT2D eigenvalue weighted by atomic mass is 32.2. The summed E-state index contributed by atoms with van der Waals surface area (Å²) in [5.74, 6) is 3.08. The molecular formula is C32H35N7O6S. The van der Waals surface area contributed by atoms with Gasteiger partial charge >= 0.3 is 0 Å². The van der Waals surface area contributed by atoms with Gasteiger partial charge in [-0.25, -0.2) is 18.4 Å². The van der Waals surface area contributed by atoms with E-state index in [1.54, 1.807) is 52.1 Å². The second kappa shape index (κ2) is 12.7. The molecule has 0 bridgehead atoms. The Bertz CT molecular complexity index is 1970. The number of methoxy groups -OCH3 is 3. The average Bonchev–Trinajstić information content (AvgIpc) is 3.72. The van der Waals surface area contributed by atoms with Crippen molar-refractivity contribution in [2.75, 3.05) is 55.7 Å². The summed E-state index contributed by atoms with van der Waals surface area (Å²) in [6.45, 7) is 0.777. The van der Waals surface area contributed by atoms with Gasteiger partial charge in [0, 0.05) is 29.8 Å². The maximum atomic E-state index is 11.8. The van der Waals surface area contributed by atoms with E-state index >= 15 is 0 Å².